The second-order valence-electron chi connectivity index (χ2n) is 19.8. The monoisotopic (exact) mass is 908 g/mol. The highest BCUT2D eigenvalue weighted by Crippen LogP contribution is 2.58. The van der Waals surface area contributed by atoms with E-state index in [9.17, 15) is 0 Å². The second-order valence-corrected chi connectivity index (χ2v) is 19.8. The van der Waals surface area contributed by atoms with Gasteiger partial charge in [0.05, 0.1) is 0 Å². The molecule has 0 N–H and O–H groups in total. The Morgan fingerprint density at radius 1 is 0.310 bits per heavy atom. The summed E-state index contributed by atoms with van der Waals surface area (Å²) >= 11 is 0. The fourth-order valence-corrected chi connectivity index (χ4v) is 11.9. The Morgan fingerprint density at radius 3 is 1.39 bits per heavy atom. The second kappa shape index (κ2) is 16.8. The first-order valence-electron chi connectivity index (χ1n) is 24.8. The summed E-state index contributed by atoms with van der Waals surface area (Å²) in [5.74, 6) is 0. The number of fused-ring (bicyclic) bond motifs is 5. The molecule has 0 saturated carbocycles. The Labute approximate surface area is 416 Å². The lowest BCUT2D eigenvalue weighted by Crippen LogP contribution is -2.17. The summed E-state index contributed by atoms with van der Waals surface area (Å²) in [6.45, 7) is 9.31. The van der Waals surface area contributed by atoms with Crippen LogP contribution in [0.3, 0.4) is 0 Å². The highest BCUT2D eigenvalue weighted by atomic mass is 15.1. The van der Waals surface area contributed by atoms with Crippen molar-refractivity contribution in [2.45, 2.75) is 33.1 Å². The lowest BCUT2D eigenvalue weighted by Gasteiger charge is -2.29. The summed E-state index contributed by atoms with van der Waals surface area (Å²) in [4.78, 5) is 4.79. The minimum atomic E-state index is -0.303. The van der Waals surface area contributed by atoms with Crippen molar-refractivity contribution in [1.82, 2.24) is 0 Å². The summed E-state index contributed by atoms with van der Waals surface area (Å²) in [5.41, 5.74) is 21.7. The van der Waals surface area contributed by atoms with Crippen LogP contribution in [0.4, 0.5) is 34.1 Å². The van der Waals surface area contributed by atoms with E-state index in [0.717, 1.165) is 34.1 Å². The molecule has 0 amide bonds. The van der Waals surface area contributed by atoms with E-state index in [-0.39, 0.29) is 5.41 Å². The van der Waals surface area contributed by atoms with E-state index in [4.69, 9.17) is 0 Å². The number of nitrogens with zero attached hydrogens (tertiary/aromatic N) is 2. The third-order valence-electron chi connectivity index (χ3n) is 15.2. The average molecular weight is 909 g/mol. The highest BCUT2D eigenvalue weighted by Gasteiger charge is 2.40. The van der Waals surface area contributed by atoms with Gasteiger partial charge in [-0.2, -0.15) is 0 Å². The summed E-state index contributed by atoms with van der Waals surface area (Å²) < 4.78 is 0. The van der Waals surface area contributed by atoms with Crippen molar-refractivity contribution < 1.29 is 0 Å². The molecule has 2 nitrogen and oxygen atoms in total. The molecule has 0 bridgehead atoms. The number of hydrogen-bond donors (Lipinski definition) is 0. The van der Waals surface area contributed by atoms with Gasteiger partial charge >= 0.3 is 0 Å². The molecule has 13 rings (SSSR count). The van der Waals surface area contributed by atoms with Crippen molar-refractivity contribution in [3.8, 4) is 44.5 Å². The maximum atomic E-state index is 2.49. The lowest BCUT2D eigenvalue weighted by molar-refractivity contribution is 0.666. The van der Waals surface area contributed by atoms with Crippen molar-refractivity contribution in [2.75, 3.05) is 9.80 Å². The van der Waals surface area contributed by atoms with Crippen molar-refractivity contribution in [3.63, 3.8) is 0 Å². The zero-order valence-electron chi connectivity index (χ0n) is 40.5. The Hall–Kier alpha value is -8.72. The number of para-hydroxylation sites is 3. The molecule has 12 aromatic rings. The van der Waals surface area contributed by atoms with Crippen molar-refractivity contribution in [3.05, 3.63) is 265 Å². The number of benzene rings is 12. The number of rotatable bonds is 9. The maximum absolute atomic E-state index is 2.49. The molecule has 0 aromatic heterocycles. The van der Waals surface area contributed by atoms with Crippen molar-refractivity contribution in [2.24, 2.45) is 0 Å². The molecule has 0 aliphatic heterocycles. The molecule has 0 fully saturated rings. The van der Waals surface area contributed by atoms with Gasteiger partial charge in [0.2, 0.25) is 0 Å². The molecule has 0 saturated heterocycles. The Bertz CT molecular complexity index is 3860. The minimum Gasteiger partial charge on any atom is -0.311 e. The summed E-state index contributed by atoms with van der Waals surface area (Å²) in [5, 5.41) is 7.88. The first kappa shape index (κ1) is 42.4. The van der Waals surface area contributed by atoms with Crippen molar-refractivity contribution >= 4 is 66.4 Å². The van der Waals surface area contributed by atoms with Gasteiger partial charge in [0.15, 0.2) is 0 Å². The SMILES string of the molecule is Cc1ccccc1-c1cc(-c2ccccc2C)cc(N(c2ccccc2)c2ccc3c(c2)C(C)(C)c2c-3c3cccc4cc(-c5ccc(N(c6ccccc6)c6ccccc6)cc5)c5cccc2c5c43)c1. The normalized spacial score (nSPS) is 12.6. The number of anilines is 6. The van der Waals surface area contributed by atoms with E-state index >= 15 is 0 Å². The van der Waals surface area contributed by atoms with E-state index < -0.39 is 0 Å². The Kier molecular flexibility index (Phi) is 10.0. The molecule has 0 unspecified atom stereocenters. The third-order valence-corrected chi connectivity index (χ3v) is 15.2. The quantitative estimate of drug-likeness (QED) is 0.133. The van der Waals surface area contributed by atoms with E-state index in [2.05, 4.69) is 280 Å². The van der Waals surface area contributed by atoms with E-state index in [1.54, 1.807) is 0 Å². The molecule has 338 valence electrons. The Morgan fingerprint density at radius 2 is 0.803 bits per heavy atom. The van der Waals surface area contributed by atoms with Gasteiger partial charge in [0, 0.05) is 39.5 Å². The molecule has 1 aliphatic rings. The van der Waals surface area contributed by atoms with Gasteiger partial charge in [-0.1, -0.05) is 172 Å². The summed E-state index contributed by atoms with van der Waals surface area (Å²) in [6.07, 6.45) is 0. The van der Waals surface area contributed by atoms with Gasteiger partial charge in [-0.25, -0.2) is 0 Å². The molecular formula is C69H52N2. The smallest absolute Gasteiger partial charge is 0.0473 e. The summed E-state index contributed by atoms with van der Waals surface area (Å²) in [6, 6.07) is 89.5. The van der Waals surface area contributed by atoms with Gasteiger partial charge < -0.3 is 9.80 Å². The van der Waals surface area contributed by atoms with Gasteiger partial charge in [0.25, 0.3) is 0 Å². The van der Waals surface area contributed by atoms with E-state index in [1.165, 1.54) is 99.1 Å². The van der Waals surface area contributed by atoms with Crippen LogP contribution in [0.2, 0.25) is 0 Å². The fraction of sp³-hybridized carbons (Fsp3) is 0.0725. The molecule has 1 aliphatic carbocycles. The zero-order chi connectivity index (χ0) is 47.8. The standard InChI is InChI=1S/C69H52N2/c1-45-20-14-16-29-57(45)49-40-50(58-30-17-15-21-46(58)2)42-56(41-49)71(53-27-12-7-13-28-53)55-38-39-60-64(44-55)69(3,4)68-62-33-19-31-59-63(43-48-22-18-32-61(67(60)68)65(48)66(59)62)47-34-36-54(37-35-47)70(51-23-8-5-9-24-51)52-25-10-6-11-26-52/h5-44H,1-4H3. The van der Waals surface area contributed by atoms with Gasteiger partial charge in [0.1, 0.15) is 0 Å². The predicted octanol–water partition coefficient (Wildman–Crippen LogP) is 19.4. The van der Waals surface area contributed by atoms with Crippen LogP contribution in [0.15, 0.2) is 243 Å². The van der Waals surface area contributed by atoms with E-state index in [0.29, 0.717) is 0 Å². The summed E-state index contributed by atoms with van der Waals surface area (Å²) in [7, 11) is 0. The fourth-order valence-electron chi connectivity index (χ4n) is 11.9. The van der Waals surface area contributed by atoms with Crippen LogP contribution in [0.1, 0.15) is 36.1 Å². The topological polar surface area (TPSA) is 6.48 Å². The van der Waals surface area contributed by atoms with E-state index in [1.807, 2.05) is 0 Å². The lowest BCUT2D eigenvalue weighted by atomic mass is 9.77. The number of aryl methyl sites for hydroxylation is 2. The van der Waals surface area contributed by atoms with Crippen LogP contribution in [-0.4, -0.2) is 0 Å². The third kappa shape index (κ3) is 6.93. The first-order valence-corrected chi connectivity index (χ1v) is 24.8. The largest absolute Gasteiger partial charge is 0.311 e. The van der Waals surface area contributed by atoms with Gasteiger partial charge in [-0.05, 0) is 198 Å². The molecule has 0 spiro atoms. The molecule has 0 heterocycles. The predicted molar refractivity (Wildman–Crippen MR) is 303 cm³/mol. The molecule has 2 heteroatoms. The van der Waals surface area contributed by atoms with Crippen molar-refractivity contribution in [1.29, 1.82) is 0 Å². The highest BCUT2D eigenvalue weighted by molar-refractivity contribution is 6.31. The van der Waals surface area contributed by atoms with Gasteiger partial charge in [-0.15, -0.1) is 0 Å². The number of hydrogen-bond acceptors (Lipinski definition) is 2. The minimum absolute atomic E-state index is 0.303. The molecule has 0 radical (unpaired) electrons. The van der Waals surface area contributed by atoms with Crippen LogP contribution in [-0.2, 0) is 5.41 Å². The van der Waals surface area contributed by atoms with Crippen LogP contribution < -0.4 is 9.80 Å². The Balaban J connectivity index is 0.969. The molecule has 0 atom stereocenters. The van der Waals surface area contributed by atoms with Crippen LogP contribution in [0, 0.1) is 13.8 Å². The average Bonchev–Trinajstić information content (AvgIpc) is 3.65. The van der Waals surface area contributed by atoms with Crippen LogP contribution in [0.5, 0.6) is 0 Å². The van der Waals surface area contributed by atoms with Crippen LogP contribution >= 0.6 is 0 Å². The van der Waals surface area contributed by atoms with Gasteiger partial charge in [-0.3, -0.25) is 0 Å². The van der Waals surface area contributed by atoms with Crippen LogP contribution in [0.25, 0.3) is 76.8 Å². The maximum Gasteiger partial charge on any atom is 0.0473 e. The molecule has 12 aromatic carbocycles. The zero-order valence-corrected chi connectivity index (χ0v) is 40.5. The first-order chi connectivity index (χ1) is 34.8. The molecular weight excluding hydrogens is 857 g/mol. The molecule has 71 heavy (non-hydrogen) atoms.